The van der Waals surface area contributed by atoms with Gasteiger partial charge in [-0.25, -0.2) is 13.2 Å². The maximum absolute atomic E-state index is 17.1. The molecule has 0 bridgehead atoms. The molecule has 0 spiro atoms. The van der Waals surface area contributed by atoms with E-state index in [1.54, 1.807) is 11.9 Å². The van der Waals surface area contributed by atoms with Gasteiger partial charge >= 0.3 is 6.01 Å². The monoisotopic (exact) mass is 742 g/mol. The summed E-state index contributed by atoms with van der Waals surface area (Å²) < 4.78 is 59.5. The van der Waals surface area contributed by atoms with Gasteiger partial charge in [0.15, 0.2) is 5.82 Å². The van der Waals surface area contributed by atoms with E-state index in [9.17, 15) is 14.3 Å². The molecule has 1 amide bonds. The van der Waals surface area contributed by atoms with Gasteiger partial charge in [0.1, 0.15) is 41.4 Å². The van der Waals surface area contributed by atoms with Crippen molar-refractivity contribution in [1.29, 1.82) is 0 Å². The number of aromatic nitrogens is 3. The number of fused-ring (bicyclic) bond motifs is 2. The molecular weight excluding hydrogens is 697 g/mol. The number of hydrogen-bond donors (Lipinski definition) is 1. The van der Waals surface area contributed by atoms with Gasteiger partial charge in [0.05, 0.1) is 16.5 Å². The average Bonchev–Trinajstić information content (AvgIpc) is 3.78. The molecule has 0 unspecified atom stereocenters. The first-order chi connectivity index (χ1) is 25.9. The number of phenols is 1. The number of aromatic hydroxyl groups is 1. The molecule has 3 aliphatic rings. The second-order valence-corrected chi connectivity index (χ2v) is 14.9. The molecule has 3 fully saturated rings. The van der Waals surface area contributed by atoms with Crippen LogP contribution >= 0.6 is 0 Å². The Morgan fingerprint density at radius 2 is 2.02 bits per heavy atom. The molecular formula is C41H45F3N6O4. The van der Waals surface area contributed by atoms with Crippen LogP contribution in [-0.2, 0) is 9.53 Å². The lowest BCUT2D eigenvalue weighted by Crippen LogP contribution is -2.57. The fourth-order valence-electron chi connectivity index (χ4n) is 8.69. The van der Waals surface area contributed by atoms with Crippen molar-refractivity contribution in [2.75, 3.05) is 51.4 Å². The zero-order chi connectivity index (χ0) is 38.3. The molecule has 13 heteroatoms. The maximum Gasteiger partial charge on any atom is 0.319 e. The lowest BCUT2D eigenvalue weighted by atomic mass is 9.83. The van der Waals surface area contributed by atoms with Crippen LogP contribution in [-0.4, -0.2) is 106 Å². The standard InChI is InChI=1S/C41H45F3N6O4/c1-6-30-33(43)11-10-25-17-29(51)18-31(35(25)30)37-36(44)38-32(20-45-37)39(48(5)22-28-9-8-14-49(28)34(52)7-2)47-40(46-38)54-23-41(24(3)4)19-26(42)21-50(41)27-12-15-53-16-13-27/h1,7,10-11,17-18,20,24,26-28,51H,2,8-9,12-16,19,21-23H2,3-5H3/t26-,28+,41+/m1/s1. The number of pyridine rings is 1. The number of hydrogen-bond acceptors (Lipinski definition) is 9. The van der Waals surface area contributed by atoms with E-state index in [0.29, 0.717) is 37.5 Å². The normalized spacial score (nSPS) is 22.3. The Morgan fingerprint density at radius 3 is 2.74 bits per heavy atom. The highest BCUT2D eigenvalue weighted by Crippen LogP contribution is 2.42. The summed E-state index contributed by atoms with van der Waals surface area (Å²) in [5, 5.41) is 11.5. The third-order valence-electron chi connectivity index (χ3n) is 11.5. The Bertz CT molecular complexity index is 2140. The van der Waals surface area contributed by atoms with Crippen molar-refractivity contribution < 1.29 is 32.5 Å². The minimum Gasteiger partial charge on any atom is -0.508 e. The number of anilines is 1. The molecule has 3 saturated heterocycles. The van der Waals surface area contributed by atoms with Crippen LogP contribution in [0.3, 0.4) is 0 Å². The summed E-state index contributed by atoms with van der Waals surface area (Å²) in [7, 11) is 1.80. The van der Waals surface area contributed by atoms with Crippen molar-refractivity contribution >= 4 is 33.4 Å². The largest absolute Gasteiger partial charge is 0.508 e. The molecule has 7 rings (SSSR count). The number of likely N-dealkylation sites (tertiary alicyclic amines) is 2. The predicted octanol–water partition coefficient (Wildman–Crippen LogP) is 6.42. The van der Waals surface area contributed by atoms with Crippen molar-refractivity contribution in [3.05, 3.63) is 60.3 Å². The van der Waals surface area contributed by atoms with Crippen LogP contribution in [0.4, 0.5) is 19.0 Å². The van der Waals surface area contributed by atoms with E-state index in [0.717, 1.165) is 25.7 Å². The number of benzene rings is 2. The van der Waals surface area contributed by atoms with Gasteiger partial charge in [0.25, 0.3) is 0 Å². The summed E-state index contributed by atoms with van der Waals surface area (Å²) in [5.41, 5.74) is -1.02. The van der Waals surface area contributed by atoms with Crippen LogP contribution in [0.1, 0.15) is 51.5 Å². The maximum atomic E-state index is 17.1. The van der Waals surface area contributed by atoms with Gasteiger partial charge in [0, 0.05) is 75.5 Å². The number of carbonyl (C=O) groups is 1. The van der Waals surface area contributed by atoms with Crippen molar-refractivity contribution in [1.82, 2.24) is 24.8 Å². The second-order valence-electron chi connectivity index (χ2n) is 14.9. The third kappa shape index (κ3) is 6.70. The summed E-state index contributed by atoms with van der Waals surface area (Å²) in [4.78, 5) is 32.4. The number of likely N-dealkylation sites (N-methyl/N-ethyl adjacent to an activating group) is 1. The zero-order valence-electron chi connectivity index (χ0n) is 30.8. The first kappa shape index (κ1) is 37.4. The van der Waals surface area contributed by atoms with Crippen LogP contribution in [0.15, 0.2) is 43.1 Å². The fourth-order valence-corrected chi connectivity index (χ4v) is 8.69. The highest BCUT2D eigenvalue weighted by atomic mass is 19.1. The SMILES string of the molecule is C#Cc1c(F)ccc2cc(O)cc(-c3ncc4c(N(C)C[C@@H]5CCCN5C(=O)C=C)nc(OC[C@]5(C(C)C)C[C@@H](F)CN5C5CCOCC5)nc4c3F)c12. The van der Waals surface area contributed by atoms with Crippen molar-refractivity contribution in [2.24, 2.45) is 5.92 Å². The second kappa shape index (κ2) is 15.1. The minimum absolute atomic E-state index is 0.00299. The summed E-state index contributed by atoms with van der Waals surface area (Å²) in [6.45, 7) is 10.3. The molecule has 2 aromatic heterocycles. The van der Waals surface area contributed by atoms with Crippen LogP contribution < -0.4 is 9.64 Å². The van der Waals surface area contributed by atoms with Crippen molar-refractivity contribution in [3.63, 3.8) is 0 Å². The molecule has 3 atom stereocenters. The summed E-state index contributed by atoms with van der Waals surface area (Å²) >= 11 is 0. The quantitative estimate of drug-likeness (QED) is 0.146. The average molecular weight is 743 g/mol. The van der Waals surface area contributed by atoms with Crippen molar-refractivity contribution in [2.45, 2.75) is 69.7 Å². The summed E-state index contributed by atoms with van der Waals surface area (Å²) in [5.74, 6) is 0.788. The Hall–Kier alpha value is -4.93. The number of nitrogens with zero attached hydrogens (tertiary/aromatic N) is 6. The van der Waals surface area contributed by atoms with Gasteiger partial charge in [-0.3, -0.25) is 14.7 Å². The molecule has 0 saturated carbocycles. The molecule has 2 aromatic carbocycles. The van der Waals surface area contributed by atoms with Gasteiger partial charge in [-0.1, -0.05) is 32.4 Å². The molecule has 3 aliphatic heterocycles. The number of phenolic OH excluding ortho intramolecular Hbond substituents is 1. The molecule has 284 valence electrons. The third-order valence-corrected chi connectivity index (χ3v) is 11.5. The molecule has 54 heavy (non-hydrogen) atoms. The zero-order valence-corrected chi connectivity index (χ0v) is 30.8. The lowest BCUT2D eigenvalue weighted by molar-refractivity contribution is -0.126. The number of alkyl halides is 1. The molecule has 5 heterocycles. The highest BCUT2D eigenvalue weighted by Gasteiger charge is 2.51. The minimum atomic E-state index is -1.05. The van der Waals surface area contributed by atoms with E-state index in [-0.39, 0.29) is 88.4 Å². The number of halogens is 3. The number of amides is 1. The van der Waals surface area contributed by atoms with Crippen LogP contribution in [0.25, 0.3) is 32.9 Å². The van der Waals surface area contributed by atoms with E-state index < -0.39 is 23.3 Å². The van der Waals surface area contributed by atoms with Gasteiger partial charge in [0.2, 0.25) is 5.91 Å². The highest BCUT2D eigenvalue weighted by molar-refractivity contribution is 6.03. The van der Waals surface area contributed by atoms with Gasteiger partial charge in [-0.15, -0.1) is 6.42 Å². The Morgan fingerprint density at radius 1 is 1.24 bits per heavy atom. The summed E-state index contributed by atoms with van der Waals surface area (Å²) in [6, 6.07) is 5.22. The predicted molar refractivity (Wildman–Crippen MR) is 201 cm³/mol. The molecule has 0 radical (unpaired) electrons. The topological polar surface area (TPSA) is 104 Å². The van der Waals surface area contributed by atoms with Gasteiger partial charge in [-0.05, 0) is 61.3 Å². The van der Waals surface area contributed by atoms with E-state index in [4.69, 9.17) is 20.9 Å². The number of carbonyl (C=O) groups excluding carboxylic acids is 1. The molecule has 1 N–H and O–H groups in total. The van der Waals surface area contributed by atoms with Crippen LogP contribution in [0.2, 0.25) is 0 Å². The van der Waals surface area contributed by atoms with Gasteiger partial charge < -0.3 is 24.4 Å². The first-order valence-corrected chi connectivity index (χ1v) is 18.5. The number of rotatable bonds is 10. The van der Waals surface area contributed by atoms with E-state index in [1.165, 1.54) is 36.5 Å². The summed E-state index contributed by atoms with van der Waals surface area (Å²) in [6.07, 6.45) is 10.8. The smallest absolute Gasteiger partial charge is 0.319 e. The number of terminal acetylenes is 1. The van der Waals surface area contributed by atoms with E-state index >= 15 is 8.78 Å². The Labute approximate surface area is 313 Å². The van der Waals surface area contributed by atoms with E-state index in [1.807, 2.05) is 4.90 Å². The Kier molecular flexibility index (Phi) is 10.4. The molecule has 0 aliphatic carbocycles. The molecule has 4 aromatic rings. The van der Waals surface area contributed by atoms with Crippen LogP contribution in [0, 0.1) is 29.9 Å². The first-order valence-electron chi connectivity index (χ1n) is 18.5. The van der Waals surface area contributed by atoms with Crippen molar-refractivity contribution in [3.8, 4) is 35.4 Å². The fraction of sp³-hybridized carbons (Fsp3) is 0.463. The molecule has 10 nitrogen and oxygen atoms in total. The Balaban J connectivity index is 1.34. The lowest BCUT2D eigenvalue weighted by Gasteiger charge is -2.46. The van der Waals surface area contributed by atoms with E-state index in [2.05, 4.69) is 41.2 Å². The van der Waals surface area contributed by atoms with Crippen LogP contribution in [0.5, 0.6) is 11.8 Å². The number of ether oxygens (including phenoxy) is 2. The van der Waals surface area contributed by atoms with Gasteiger partial charge in [-0.2, -0.15) is 9.97 Å².